The minimum absolute atomic E-state index is 0.0510. The number of benzene rings is 1. The van der Waals surface area contributed by atoms with Crippen LogP contribution in [-0.2, 0) is 32.3 Å². The van der Waals surface area contributed by atoms with Gasteiger partial charge in [0.15, 0.2) is 0 Å². The van der Waals surface area contributed by atoms with E-state index in [0.29, 0.717) is 53.6 Å². The van der Waals surface area contributed by atoms with Crippen molar-refractivity contribution in [3.05, 3.63) is 58.1 Å². The highest BCUT2D eigenvalue weighted by molar-refractivity contribution is 7.91. The number of halogens is 4. The molecule has 2 atom stereocenters. The molecule has 2 amide bonds. The molecule has 17 heteroatoms. The molecule has 5 rings (SSSR count). The smallest absolute Gasteiger partial charge is 0.416 e. The monoisotopic (exact) mass is 728 g/mol. The van der Waals surface area contributed by atoms with Crippen LogP contribution < -0.4 is 10.2 Å². The van der Waals surface area contributed by atoms with Gasteiger partial charge < -0.3 is 19.9 Å². The van der Waals surface area contributed by atoms with Crippen LogP contribution in [0.2, 0.25) is 4.34 Å². The predicted octanol–water partition coefficient (Wildman–Crippen LogP) is 5.79. The number of carbonyl (C=O) groups excluding carboxylic acids is 2. The first-order valence-electron chi connectivity index (χ1n) is 15.2. The van der Waals surface area contributed by atoms with E-state index in [4.69, 9.17) is 16.3 Å². The van der Waals surface area contributed by atoms with Gasteiger partial charge in [0.2, 0.25) is 11.9 Å². The van der Waals surface area contributed by atoms with E-state index >= 15 is 0 Å². The van der Waals surface area contributed by atoms with E-state index in [2.05, 4.69) is 15.3 Å². The number of nitrogens with zero attached hydrogens (tertiary/aromatic N) is 5. The number of rotatable bonds is 8. The van der Waals surface area contributed by atoms with Crippen LogP contribution in [0, 0.1) is 0 Å². The molecule has 0 bridgehead atoms. The molecule has 1 N–H and O–H groups in total. The molecular weight excluding hydrogens is 693 g/mol. The van der Waals surface area contributed by atoms with E-state index < -0.39 is 45.4 Å². The summed E-state index contributed by atoms with van der Waals surface area (Å²) >= 11 is 6.88. The first kappa shape index (κ1) is 35.8. The Kier molecular flexibility index (Phi) is 10.3. The molecule has 2 aromatic heterocycles. The molecule has 48 heavy (non-hydrogen) atoms. The van der Waals surface area contributed by atoms with Gasteiger partial charge >= 0.3 is 12.3 Å². The molecule has 11 nitrogen and oxygen atoms in total. The third-order valence-corrected chi connectivity index (χ3v) is 11.6. The zero-order chi connectivity index (χ0) is 35.0. The number of thiophene rings is 1. The molecule has 2 fully saturated rings. The van der Waals surface area contributed by atoms with Crippen molar-refractivity contribution < 1.29 is 35.9 Å². The molecule has 2 aliphatic heterocycles. The van der Waals surface area contributed by atoms with Crippen LogP contribution in [0.1, 0.15) is 51.3 Å². The lowest BCUT2D eigenvalue weighted by atomic mass is 10.1. The van der Waals surface area contributed by atoms with Crippen LogP contribution >= 0.6 is 22.9 Å². The fraction of sp³-hybridized carbons (Fsp3) is 0.484. The summed E-state index contributed by atoms with van der Waals surface area (Å²) in [6.45, 7) is 6.30. The lowest BCUT2D eigenvalue weighted by Gasteiger charge is -2.28. The number of likely N-dealkylation sites (N-methyl/N-ethyl adjacent to an activating group) is 1. The number of anilines is 1. The molecule has 1 aromatic carbocycles. The zero-order valence-electron chi connectivity index (χ0n) is 26.8. The molecule has 2 saturated heterocycles. The molecule has 0 aliphatic carbocycles. The Morgan fingerprint density at radius 1 is 1.08 bits per heavy atom. The highest BCUT2D eigenvalue weighted by Crippen LogP contribution is 2.33. The van der Waals surface area contributed by atoms with Gasteiger partial charge in [0.05, 0.1) is 33.9 Å². The van der Waals surface area contributed by atoms with Crippen molar-refractivity contribution in [3.63, 3.8) is 0 Å². The average molecular weight is 729 g/mol. The first-order chi connectivity index (χ1) is 22.4. The molecule has 2 aliphatic rings. The van der Waals surface area contributed by atoms with Gasteiger partial charge in [-0.25, -0.2) is 23.2 Å². The van der Waals surface area contributed by atoms with Crippen molar-refractivity contribution >= 4 is 50.9 Å². The topological polar surface area (TPSA) is 125 Å². The van der Waals surface area contributed by atoms with Crippen molar-refractivity contribution in [1.82, 2.24) is 24.5 Å². The summed E-state index contributed by atoms with van der Waals surface area (Å²) in [5, 5.41) is 2.79. The number of sulfonamides is 1. The Bertz CT molecular complexity index is 1760. The summed E-state index contributed by atoms with van der Waals surface area (Å²) in [6.07, 6.45) is -3.55. The molecule has 0 saturated carbocycles. The van der Waals surface area contributed by atoms with Crippen molar-refractivity contribution in [3.8, 4) is 11.3 Å². The van der Waals surface area contributed by atoms with Gasteiger partial charge in [-0.1, -0.05) is 23.7 Å². The van der Waals surface area contributed by atoms with Gasteiger partial charge in [0, 0.05) is 32.2 Å². The predicted molar refractivity (Wildman–Crippen MR) is 175 cm³/mol. The summed E-state index contributed by atoms with van der Waals surface area (Å²) in [6, 6.07) is 7.90. The van der Waals surface area contributed by atoms with Crippen LogP contribution in [0.5, 0.6) is 0 Å². The second-order valence-electron chi connectivity index (χ2n) is 12.6. The molecule has 0 radical (unpaired) electrons. The number of hydrogen-bond acceptors (Lipinski definition) is 9. The fourth-order valence-electron chi connectivity index (χ4n) is 5.55. The number of alkyl halides is 3. The number of ether oxygens (including phenoxy) is 1. The zero-order valence-corrected chi connectivity index (χ0v) is 29.1. The molecule has 2 unspecified atom stereocenters. The lowest BCUT2D eigenvalue weighted by molar-refractivity contribution is -0.137. The largest absolute Gasteiger partial charge is 0.444 e. The van der Waals surface area contributed by atoms with Gasteiger partial charge in [0.1, 0.15) is 15.9 Å². The third-order valence-electron chi connectivity index (χ3n) is 8.01. The molecule has 0 spiro atoms. The fourth-order valence-corrected chi connectivity index (χ4v) is 8.82. The van der Waals surface area contributed by atoms with Crippen molar-refractivity contribution in [1.29, 1.82) is 0 Å². The molecular formula is C31H36ClF3N6O5S2. The van der Waals surface area contributed by atoms with E-state index in [-0.39, 0.29) is 29.3 Å². The second kappa shape index (κ2) is 13.8. The summed E-state index contributed by atoms with van der Waals surface area (Å²) < 4.78 is 73.3. The normalized spacial score (nSPS) is 19.0. The van der Waals surface area contributed by atoms with Crippen LogP contribution in [0.25, 0.3) is 11.3 Å². The number of carbonyl (C=O) groups is 2. The maximum Gasteiger partial charge on any atom is 0.416 e. The Morgan fingerprint density at radius 2 is 1.79 bits per heavy atom. The van der Waals surface area contributed by atoms with Gasteiger partial charge in [0.25, 0.3) is 10.0 Å². The quantitative estimate of drug-likeness (QED) is 0.309. The molecule has 260 valence electrons. The number of hydrogen-bond donors (Lipinski definition) is 1. The van der Waals surface area contributed by atoms with Crippen LogP contribution in [0.15, 0.2) is 46.7 Å². The standard InChI is InChI=1S/C31H36ClF3N6O5S2/c1-30(2,3)46-29(43)39(4)22-13-15-40(18-22)28-37-21(16-23(38-28)19-7-9-20(10-8-19)31(33,34)35)17-36-27(42)24-6-5-14-41(24)48(44,45)26-12-11-25(32)47-26/h7-12,16,22,24H,5-6,13-15,17-18H2,1-4H3,(H,36,42). The van der Waals surface area contributed by atoms with Gasteiger partial charge in [-0.2, -0.15) is 17.5 Å². The highest BCUT2D eigenvalue weighted by Gasteiger charge is 2.40. The minimum atomic E-state index is -4.51. The van der Waals surface area contributed by atoms with E-state index in [1.54, 1.807) is 33.9 Å². The second-order valence-corrected chi connectivity index (χ2v) is 16.5. The lowest BCUT2D eigenvalue weighted by Crippen LogP contribution is -2.45. The average Bonchev–Trinajstić information content (AvgIpc) is 3.80. The van der Waals surface area contributed by atoms with Gasteiger partial charge in [-0.15, -0.1) is 11.3 Å². The van der Waals surface area contributed by atoms with Crippen LogP contribution in [0.4, 0.5) is 23.9 Å². The summed E-state index contributed by atoms with van der Waals surface area (Å²) in [5.41, 5.74) is -0.365. The van der Waals surface area contributed by atoms with E-state index in [1.807, 2.05) is 4.90 Å². The van der Waals surface area contributed by atoms with Gasteiger partial charge in [-0.3, -0.25) is 4.79 Å². The number of aromatic nitrogens is 2. The molecule has 3 aromatic rings. The summed E-state index contributed by atoms with van der Waals surface area (Å²) in [5.74, 6) is -0.230. The first-order valence-corrected chi connectivity index (χ1v) is 17.9. The van der Waals surface area contributed by atoms with E-state index in [1.165, 1.54) is 33.5 Å². The van der Waals surface area contributed by atoms with Gasteiger partial charge in [-0.05, 0) is 70.4 Å². The Labute approximate surface area is 286 Å². The van der Waals surface area contributed by atoms with Crippen LogP contribution in [0.3, 0.4) is 0 Å². The Morgan fingerprint density at radius 3 is 2.42 bits per heavy atom. The number of amides is 2. The molecule has 4 heterocycles. The maximum absolute atomic E-state index is 13.4. The third kappa shape index (κ3) is 8.21. The highest BCUT2D eigenvalue weighted by atomic mass is 35.5. The van der Waals surface area contributed by atoms with E-state index in [0.717, 1.165) is 23.5 Å². The summed E-state index contributed by atoms with van der Waals surface area (Å²) in [4.78, 5) is 38.8. The van der Waals surface area contributed by atoms with Crippen molar-refractivity contribution in [2.45, 2.75) is 74.6 Å². The maximum atomic E-state index is 13.4. The van der Waals surface area contributed by atoms with E-state index in [9.17, 15) is 31.2 Å². The summed E-state index contributed by atoms with van der Waals surface area (Å²) in [7, 11) is -2.29. The Hall–Kier alpha value is -3.47. The Balaban J connectivity index is 1.37. The SMILES string of the molecule is CN(C(=O)OC(C)(C)C)C1CCN(c2nc(CNC(=O)C3CCCN3S(=O)(=O)c3ccc(Cl)s3)cc(-c3ccc(C(F)(F)F)cc3)n2)C1. The minimum Gasteiger partial charge on any atom is -0.444 e. The van der Waals surface area contributed by atoms with Crippen LogP contribution in [-0.4, -0.2) is 84.0 Å². The van der Waals surface area contributed by atoms with Crippen molar-refractivity contribution in [2.24, 2.45) is 0 Å². The number of nitrogens with one attached hydrogen (secondary N) is 1. The van der Waals surface area contributed by atoms with Crippen molar-refractivity contribution in [2.75, 3.05) is 31.6 Å².